The van der Waals surface area contributed by atoms with Crippen molar-refractivity contribution >= 4 is 27.8 Å². The first-order valence-electron chi connectivity index (χ1n) is 8.29. The third-order valence-electron chi connectivity index (χ3n) is 4.06. The van der Waals surface area contributed by atoms with E-state index in [1.165, 1.54) is 0 Å². The van der Waals surface area contributed by atoms with Gasteiger partial charge < -0.3 is 14.4 Å². The lowest BCUT2D eigenvalue weighted by atomic mass is 9.97. The van der Waals surface area contributed by atoms with Crippen LogP contribution in [0.2, 0.25) is 0 Å². The minimum Gasteiger partial charge on any atom is -0.490 e. The molecule has 0 radical (unpaired) electrons. The van der Waals surface area contributed by atoms with Gasteiger partial charge >= 0.3 is 5.97 Å². The second kappa shape index (κ2) is 8.80. The first-order chi connectivity index (χ1) is 12.2. The number of piperidine rings is 1. The monoisotopic (exact) mass is 405 g/mol. The van der Waals surface area contributed by atoms with Gasteiger partial charge in [0.1, 0.15) is 19.0 Å². The van der Waals surface area contributed by atoms with Gasteiger partial charge in [-0.1, -0.05) is 22.0 Å². The summed E-state index contributed by atoms with van der Waals surface area (Å²) >= 11 is 3.39. The molecule has 1 saturated heterocycles. The maximum absolute atomic E-state index is 12.2. The van der Waals surface area contributed by atoms with Gasteiger partial charge in [0.15, 0.2) is 0 Å². The first kappa shape index (κ1) is 17.7. The molecule has 6 nitrogen and oxygen atoms in total. The van der Waals surface area contributed by atoms with E-state index >= 15 is 0 Å². The molecule has 2 heterocycles. The molecule has 3 rings (SSSR count). The third kappa shape index (κ3) is 5.16. The molecule has 1 aromatic heterocycles. The van der Waals surface area contributed by atoms with Gasteiger partial charge in [-0.2, -0.15) is 0 Å². The molecule has 7 heteroatoms. The average molecular weight is 406 g/mol. The number of benzene rings is 1. The predicted molar refractivity (Wildman–Crippen MR) is 97.6 cm³/mol. The molecule has 0 aliphatic carbocycles. The van der Waals surface area contributed by atoms with Crippen molar-refractivity contribution in [1.82, 2.24) is 9.97 Å². The number of hydrogen-bond acceptors (Lipinski definition) is 6. The fourth-order valence-corrected chi connectivity index (χ4v) is 3.12. The van der Waals surface area contributed by atoms with Gasteiger partial charge in [-0.05, 0) is 37.1 Å². The molecule has 0 unspecified atom stereocenters. The summed E-state index contributed by atoms with van der Waals surface area (Å²) in [5, 5.41) is 0. The largest absolute Gasteiger partial charge is 0.490 e. The van der Waals surface area contributed by atoms with Gasteiger partial charge in [0, 0.05) is 30.0 Å². The SMILES string of the molecule is O=C(OCCOc1cccc(Br)c1)C1CCN(c2ncccn2)CC1. The zero-order valence-electron chi connectivity index (χ0n) is 13.8. The fraction of sp³-hybridized carbons (Fsp3) is 0.389. The third-order valence-corrected chi connectivity index (χ3v) is 4.55. The number of rotatable bonds is 6. The Hall–Kier alpha value is -2.15. The molecule has 0 atom stereocenters. The smallest absolute Gasteiger partial charge is 0.309 e. The zero-order valence-corrected chi connectivity index (χ0v) is 15.4. The summed E-state index contributed by atoms with van der Waals surface area (Å²) in [7, 11) is 0. The molecule has 1 aliphatic rings. The van der Waals surface area contributed by atoms with Crippen molar-refractivity contribution in [3.8, 4) is 5.75 Å². The van der Waals surface area contributed by atoms with Crippen LogP contribution in [0.15, 0.2) is 47.2 Å². The maximum Gasteiger partial charge on any atom is 0.309 e. The molecule has 1 fully saturated rings. The van der Waals surface area contributed by atoms with E-state index in [4.69, 9.17) is 9.47 Å². The Kier molecular flexibility index (Phi) is 6.22. The Morgan fingerprint density at radius 2 is 1.92 bits per heavy atom. The molecule has 2 aromatic rings. The van der Waals surface area contributed by atoms with Gasteiger partial charge in [0.2, 0.25) is 5.95 Å². The Balaban J connectivity index is 1.37. The van der Waals surface area contributed by atoms with E-state index < -0.39 is 0 Å². The topological polar surface area (TPSA) is 64.6 Å². The molecule has 0 amide bonds. The fourth-order valence-electron chi connectivity index (χ4n) is 2.75. The number of carbonyl (C=O) groups excluding carboxylic acids is 1. The molecular formula is C18H20BrN3O3. The average Bonchev–Trinajstić information content (AvgIpc) is 2.66. The maximum atomic E-state index is 12.2. The highest BCUT2D eigenvalue weighted by Gasteiger charge is 2.27. The zero-order chi connectivity index (χ0) is 17.5. The molecular weight excluding hydrogens is 386 g/mol. The van der Waals surface area contributed by atoms with Crippen molar-refractivity contribution in [3.63, 3.8) is 0 Å². The minimum atomic E-state index is -0.147. The van der Waals surface area contributed by atoms with Gasteiger partial charge in [-0.15, -0.1) is 0 Å². The highest BCUT2D eigenvalue weighted by Crippen LogP contribution is 2.21. The van der Waals surface area contributed by atoms with Crippen LogP contribution in [0.3, 0.4) is 0 Å². The first-order valence-corrected chi connectivity index (χ1v) is 9.08. The quantitative estimate of drug-likeness (QED) is 0.543. The van der Waals surface area contributed by atoms with Crippen LogP contribution in [-0.2, 0) is 9.53 Å². The Morgan fingerprint density at radius 1 is 1.16 bits per heavy atom. The van der Waals surface area contributed by atoms with Crippen molar-refractivity contribution in [2.45, 2.75) is 12.8 Å². The Morgan fingerprint density at radius 3 is 2.64 bits per heavy atom. The molecule has 0 saturated carbocycles. The number of anilines is 1. The standard InChI is InChI=1S/C18H20BrN3O3/c19-15-3-1-4-16(13-15)24-11-12-25-17(23)14-5-9-22(10-6-14)18-20-7-2-8-21-18/h1-4,7-8,13-14H,5-6,9-12H2. The molecule has 0 bridgehead atoms. The summed E-state index contributed by atoms with van der Waals surface area (Å²) < 4.78 is 11.9. The van der Waals surface area contributed by atoms with Crippen LogP contribution in [0.1, 0.15) is 12.8 Å². The van der Waals surface area contributed by atoms with Crippen LogP contribution in [0.4, 0.5) is 5.95 Å². The molecule has 1 aliphatic heterocycles. The van der Waals surface area contributed by atoms with Crippen molar-refractivity contribution in [2.75, 3.05) is 31.2 Å². The summed E-state index contributed by atoms with van der Waals surface area (Å²) in [4.78, 5) is 22.8. The van der Waals surface area contributed by atoms with E-state index in [2.05, 4.69) is 30.8 Å². The van der Waals surface area contributed by atoms with E-state index in [1.54, 1.807) is 18.5 Å². The van der Waals surface area contributed by atoms with Gasteiger partial charge in [0.05, 0.1) is 5.92 Å². The van der Waals surface area contributed by atoms with E-state index in [0.29, 0.717) is 6.61 Å². The number of carbonyl (C=O) groups is 1. The number of hydrogen-bond donors (Lipinski definition) is 0. The van der Waals surface area contributed by atoms with Crippen LogP contribution in [0.5, 0.6) is 5.75 Å². The van der Waals surface area contributed by atoms with Crippen molar-refractivity contribution in [1.29, 1.82) is 0 Å². The van der Waals surface area contributed by atoms with E-state index in [9.17, 15) is 4.79 Å². The van der Waals surface area contributed by atoms with Crippen LogP contribution in [0, 0.1) is 5.92 Å². The van der Waals surface area contributed by atoms with E-state index in [1.807, 2.05) is 24.3 Å². The summed E-state index contributed by atoms with van der Waals surface area (Å²) in [6.45, 7) is 2.13. The summed E-state index contributed by atoms with van der Waals surface area (Å²) in [6, 6.07) is 9.37. The highest BCUT2D eigenvalue weighted by molar-refractivity contribution is 9.10. The normalized spacial score (nSPS) is 15.0. The molecule has 0 spiro atoms. The van der Waals surface area contributed by atoms with Crippen LogP contribution >= 0.6 is 15.9 Å². The van der Waals surface area contributed by atoms with Crippen LogP contribution in [0.25, 0.3) is 0 Å². The predicted octanol–water partition coefficient (Wildman–Crippen LogP) is 3.08. The van der Waals surface area contributed by atoms with E-state index in [0.717, 1.165) is 42.1 Å². The minimum absolute atomic E-state index is 0.0640. The van der Waals surface area contributed by atoms with Crippen molar-refractivity contribution in [3.05, 3.63) is 47.2 Å². The second-order valence-electron chi connectivity index (χ2n) is 5.78. The lowest BCUT2D eigenvalue weighted by molar-refractivity contribution is -0.150. The Bertz CT molecular complexity index is 691. The number of halogens is 1. The summed E-state index contributed by atoms with van der Waals surface area (Å²) in [6.07, 6.45) is 4.97. The number of ether oxygens (including phenoxy) is 2. The van der Waals surface area contributed by atoms with Crippen molar-refractivity contribution < 1.29 is 14.3 Å². The molecule has 0 N–H and O–H groups in total. The molecule has 132 valence electrons. The lowest BCUT2D eigenvalue weighted by Gasteiger charge is -2.30. The second-order valence-corrected chi connectivity index (χ2v) is 6.70. The molecule has 1 aromatic carbocycles. The lowest BCUT2D eigenvalue weighted by Crippen LogP contribution is -2.38. The number of esters is 1. The van der Waals surface area contributed by atoms with Crippen molar-refractivity contribution in [2.24, 2.45) is 5.92 Å². The number of nitrogens with zero attached hydrogens (tertiary/aromatic N) is 3. The number of aromatic nitrogens is 2. The van der Waals surface area contributed by atoms with E-state index in [-0.39, 0.29) is 18.5 Å². The highest BCUT2D eigenvalue weighted by atomic mass is 79.9. The van der Waals surface area contributed by atoms with Crippen LogP contribution < -0.4 is 9.64 Å². The van der Waals surface area contributed by atoms with Gasteiger partial charge in [-0.25, -0.2) is 9.97 Å². The Labute approximate surface area is 155 Å². The van der Waals surface area contributed by atoms with Crippen LogP contribution in [-0.4, -0.2) is 42.2 Å². The summed E-state index contributed by atoms with van der Waals surface area (Å²) in [5.74, 6) is 1.26. The van der Waals surface area contributed by atoms with Gasteiger partial charge in [-0.3, -0.25) is 4.79 Å². The summed E-state index contributed by atoms with van der Waals surface area (Å²) in [5.41, 5.74) is 0. The molecule has 25 heavy (non-hydrogen) atoms. The van der Waals surface area contributed by atoms with Gasteiger partial charge in [0.25, 0.3) is 0 Å².